The average Bonchev–Trinajstić information content (AvgIpc) is 2.71. The fourth-order valence-electron chi connectivity index (χ4n) is 3.31. The predicted molar refractivity (Wildman–Crippen MR) is 110 cm³/mol. The lowest BCUT2D eigenvalue weighted by atomic mass is 9.97. The number of fused-ring (bicyclic) bond motifs is 1. The lowest BCUT2D eigenvalue weighted by molar-refractivity contribution is -0.197. The van der Waals surface area contributed by atoms with E-state index in [1.165, 1.54) is 25.6 Å². The number of esters is 2. The van der Waals surface area contributed by atoms with Crippen molar-refractivity contribution < 1.29 is 33.3 Å². The van der Waals surface area contributed by atoms with Gasteiger partial charge >= 0.3 is 11.9 Å². The first-order valence-electron chi connectivity index (χ1n) is 9.35. The molecule has 0 aromatic heterocycles. The van der Waals surface area contributed by atoms with E-state index in [1.807, 2.05) is 42.5 Å². The number of hydrogen-bond donors (Lipinski definition) is 1. The van der Waals surface area contributed by atoms with Crippen molar-refractivity contribution in [2.24, 2.45) is 5.73 Å². The van der Waals surface area contributed by atoms with Gasteiger partial charge in [-0.25, -0.2) is 0 Å². The number of ether oxygens (including phenoxy) is 4. The summed E-state index contributed by atoms with van der Waals surface area (Å²) in [6.45, 7) is 2.65. The third kappa shape index (κ3) is 5.29. The van der Waals surface area contributed by atoms with Gasteiger partial charge in [0.25, 0.3) is 6.47 Å². The van der Waals surface area contributed by atoms with Crippen LogP contribution in [-0.4, -0.2) is 54.8 Å². The monoisotopic (exact) mass is 433 g/mol. The van der Waals surface area contributed by atoms with Gasteiger partial charge in [0, 0.05) is 18.7 Å². The van der Waals surface area contributed by atoms with E-state index in [4.69, 9.17) is 24.7 Å². The van der Waals surface area contributed by atoms with Crippen LogP contribution in [0.3, 0.4) is 0 Å². The molecule has 30 heavy (non-hydrogen) atoms. The summed E-state index contributed by atoms with van der Waals surface area (Å²) in [7, 11) is 0. The van der Waals surface area contributed by atoms with Crippen LogP contribution in [0.5, 0.6) is 0 Å². The molecule has 8 nitrogen and oxygen atoms in total. The zero-order valence-electron chi connectivity index (χ0n) is 16.6. The van der Waals surface area contributed by atoms with Gasteiger partial charge < -0.3 is 24.7 Å². The van der Waals surface area contributed by atoms with Crippen molar-refractivity contribution in [2.75, 3.05) is 6.61 Å². The molecule has 9 heteroatoms. The molecule has 5 atom stereocenters. The number of thioether (sulfide) groups is 1. The maximum absolute atomic E-state index is 11.5. The molecule has 0 amide bonds. The number of benzene rings is 2. The average molecular weight is 433 g/mol. The molecule has 2 aromatic rings. The third-order valence-corrected chi connectivity index (χ3v) is 5.78. The Labute approximate surface area is 178 Å². The lowest BCUT2D eigenvalue weighted by Gasteiger charge is -2.43. The zero-order valence-corrected chi connectivity index (χ0v) is 17.4. The van der Waals surface area contributed by atoms with Crippen molar-refractivity contribution in [3.63, 3.8) is 0 Å². The molecule has 0 saturated carbocycles. The second-order valence-corrected chi connectivity index (χ2v) is 7.99. The maximum Gasteiger partial charge on any atom is 0.303 e. The topological polar surface area (TPSA) is 114 Å². The van der Waals surface area contributed by atoms with Crippen molar-refractivity contribution >= 4 is 40.9 Å². The van der Waals surface area contributed by atoms with Crippen molar-refractivity contribution in [3.05, 3.63) is 42.5 Å². The van der Waals surface area contributed by atoms with Gasteiger partial charge in [-0.15, -0.1) is 0 Å². The standard InChI is InChI=1S/C21H23NO7S/c1-12(24)26-10-17-19(28-13(2)25)18(22)20(27-11-23)21(29-17)30-16-8-7-14-5-3-4-6-15(14)9-16/h3-9,11,17-21H,10,22H2,1-2H3. The maximum atomic E-state index is 11.5. The van der Waals surface area contributed by atoms with Crippen LogP contribution in [0.25, 0.3) is 10.8 Å². The normalized spacial score (nSPS) is 26.0. The smallest absolute Gasteiger partial charge is 0.303 e. The quantitative estimate of drug-likeness (QED) is 0.398. The first-order valence-corrected chi connectivity index (χ1v) is 10.2. The molecule has 0 radical (unpaired) electrons. The van der Waals surface area contributed by atoms with Crippen LogP contribution < -0.4 is 5.73 Å². The van der Waals surface area contributed by atoms with Crippen molar-refractivity contribution in [2.45, 2.75) is 48.5 Å². The van der Waals surface area contributed by atoms with Crippen molar-refractivity contribution in [1.82, 2.24) is 0 Å². The summed E-state index contributed by atoms with van der Waals surface area (Å²) in [5.41, 5.74) is 5.60. The van der Waals surface area contributed by atoms with Crippen molar-refractivity contribution in [1.29, 1.82) is 0 Å². The summed E-state index contributed by atoms with van der Waals surface area (Å²) in [6.07, 6.45) is -2.63. The van der Waals surface area contributed by atoms with E-state index in [0.717, 1.165) is 15.7 Å². The molecule has 3 rings (SSSR count). The molecular formula is C21H23NO7S. The molecule has 160 valence electrons. The number of carbonyl (C=O) groups excluding carboxylic acids is 3. The van der Waals surface area contributed by atoms with E-state index in [2.05, 4.69) is 0 Å². The number of carbonyl (C=O) groups is 3. The summed E-state index contributed by atoms with van der Waals surface area (Å²) in [6, 6.07) is 12.9. The van der Waals surface area contributed by atoms with E-state index in [1.54, 1.807) is 0 Å². The van der Waals surface area contributed by atoms with Gasteiger partial charge in [-0.3, -0.25) is 14.4 Å². The van der Waals surface area contributed by atoms with E-state index in [9.17, 15) is 14.4 Å². The third-order valence-electron chi connectivity index (χ3n) is 4.64. The van der Waals surface area contributed by atoms with Crippen LogP contribution in [0.1, 0.15) is 13.8 Å². The second-order valence-electron chi connectivity index (χ2n) is 6.82. The molecule has 1 saturated heterocycles. The predicted octanol–water partition coefficient (Wildman–Crippen LogP) is 2.02. The molecule has 1 heterocycles. The summed E-state index contributed by atoms with van der Waals surface area (Å²) in [5.74, 6) is -1.07. The molecule has 2 aromatic carbocycles. The molecule has 1 fully saturated rings. The molecule has 1 aliphatic heterocycles. The van der Waals surface area contributed by atoms with E-state index >= 15 is 0 Å². The van der Waals surface area contributed by atoms with Crippen LogP contribution in [0.4, 0.5) is 0 Å². The van der Waals surface area contributed by atoms with Gasteiger partial charge in [-0.1, -0.05) is 42.1 Å². The summed E-state index contributed by atoms with van der Waals surface area (Å²) < 4.78 is 21.6. The molecule has 5 unspecified atom stereocenters. The Balaban J connectivity index is 1.86. The molecule has 0 spiro atoms. The van der Waals surface area contributed by atoms with Crippen LogP contribution in [0.15, 0.2) is 47.4 Å². The van der Waals surface area contributed by atoms with E-state index in [-0.39, 0.29) is 6.61 Å². The van der Waals surface area contributed by atoms with Gasteiger partial charge in [0.1, 0.15) is 24.3 Å². The summed E-state index contributed by atoms with van der Waals surface area (Å²) >= 11 is 1.32. The molecule has 0 bridgehead atoms. The van der Waals surface area contributed by atoms with Gasteiger partial charge in [0.2, 0.25) is 0 Å². The Kier molecular flexibility index (Phi) is 7.30. The highest BCUT2D eigenvalue weighted by Gasteiger charge is 2.48. The Morgan fingerprint density at radius 2 is 1.83 bits per heavy atom. The Bertz CT molecular complexity index is 921. The van der Waals surface area contributed by atoms with E-state index < -0.39 is 41.7 Å². The molecule has 2 N–H and O–H groups in total. The summed E-state index contributed by atoms with van der Waals surface area (Å²) in [4.78, 5) is 34.8. The van der Waals surface area contributed by atoms with Crippen LogP contribution >= 0.6 is 11.8 Å². The van der Waals surface area contributed by atoms with Gasteiger partial charge in [-0.05, 0) is 22.9 Å². The number of nitrogens with two attached hydrogens (primary N) is 1. The highest BCUT2D eigenvalue weighted by atomic mass is 32.2. The fraction of sp³-hybridized carbons (Fsp3) is 0.381. The minimum absolute atomic E-state index is 0.149. The highest BCUT2D eigenvalue weighted by molar-refractivity contribution is 7.99. The molecule has 1 aliphatic rings. The Hall–Kier alpha value is -2.62. The van der Waals surface area contributed by atoms with Crippen LogP contribution in [-0.2, 0) is 33.3 Å². The minimum Gasteiger partial charge on any atom is -0.463 e. The fourth-order valence-corrected chi connectivity index (χ4v) is 4.50. The lowest BCUT2D eigenvalue weighted by Crippen LogP contribution is -2.63. The van der Waals surface area contributed by atoms with Crippen LogP contribution in [0.2, 0.25) is 0 Å². The number of hydrogen-bond acceptors (Lipinski definition) is 9. The minimum atomic E-state index is -0.944. The van der Waals surface area contributed by atoms with Gasteiger partial charge in [0.05, 0.1) is 6.04 Å². The van der Waals surface area contributed by atoms with Crippen LogP contribution in [0, 0.1) is 0 Å². The first-order chi connectivity index (χ1) is 14.4. The largest absolute Gasteiger partial charge is 0.463 e. The molecular weight excluding hydrogens is 410 g/mol. The second kappa shape index (κ2) is 9.92. The zero-order chi connectivity index (χ0) is 21.7. The highest BCUT2D eigenvalue weighted by Crippen LogP contribution is 2.36. The Morgan fingerprint density at radius 3 is 2.50 bits per heavy atom. The number of rotatable bonds is 7. The molecule has 0 aliphatic carbocycles. The van der Waals surface area contributed by atoms with E-state index in [0.29, 0.717) is 6.47 Å². The SMILES string of the molecule is CC(=O)OCC1OC(Sc2ccc3ccccc3c2)C(OC=O)C(N)C1OC(C)=O. The Morgan fingerprint density at radius 1 is 1.10 bits per heavy atom. The first kappa shape index (κ1) is 22.1. The van der Waals surface area contributed by atoms with Crippen molar-refractivity contribution in [3.8, 4) is 0 Å². The van der Waals surface area contributed by atoms with Gasteiger partial charge in [0.15, 0.2) is 6.10 Å². The summed E-state index contributed by atoms with van der Waals surface area (Å²) in [5, 5.41) is 2.14. The van der Waals surface area contributed by atoms with Gasteiger partial charge in [-0.2, -0.15) is 0 Å².